The van der Waals surface area contributed by atoms with Gasteiger partial charge >= 0.3 is 0 Å². The van der Waals surface area contributed by atoms with Crippen LogP contribution in [0, 0.1) is 6.92 Å². The Bertz CT molecular complexity index is 1230. The topological polar surface area (TPSA) is 79.4 Å². The van der Waals surface area contributed by atoms with Gasteiger partial charge in [-0.05, 0) is 50.2 Å². The van der Waals surface area contributed by atoms with E-state index in [0.717, 1.165) is 39.4 Å². The summed E-state index contributed by atoms with van der Waals surface area (Å²) in [5, 5.41) is 18.0. The van der Waals surface area contributed by atoms with Crippen LogP contribution in [-0.4, -0.2) is 44.8 Å². The number of anilines is 1. The molecule has 0 saturated heterocycles. The monoisotopic (exact) mass is 386 g/mol. The first kappa shape index (κ1) is 18.6. The quantitative estimate of drug-likeness (QED) is 0.325. The molecule has 0 aliphatic rings. The van der Waals surface area contributed by atoms with Gasteiger partial charge in [0.1, 0.15) is 5.71 Å². The second-order valence-electron chi connectivity index (χ2n) is 7.11. The van der Waals surface area contributed by atoms with Gasteiger partial charge in [0.25, 0.3) is 0 Å². The maximum Gasteiger partial charge on any atom is 0.154 e. The molecule has 7 nitrogen and oxygen atoms in total. The molecule has 0 atom stereocenters. The van der Waals surface area contributed by atoms with E-state index in [2.05, 4.69) is 37.3 Å². The summed E-state index contributed by atoms with van der Waals surface area (Å²) < 4.78 is 1.85. The van der Waals surface area contributed by atoms with Crippen molar-refractivity contribution in [2.45, 2.75) is 13.8 Å². The fourth-order valence-corrected chi connectivity index (χ4v) is 3.30. The molecule has 0 aliphatic heterocycles. The number of fused-ring (bicyclic) bond motifs is 1. The van der Waals surface area contributed by atoms with Crippen LogP contribution < -0.4 is 4.90 Å². The molecule has 29 heavy (non-hydrogen) atoms. The highest BCUT2D eigenvalue weighted by molar-refractivity contribution is 5.98. The van der Waals surface area contributed by atoms with Crippen molar-refractivity contribution in [1.82, 2.24) is 19.7 Å². The van der Waals surface area contributed by atoms with E-state index in [1.54, 1.807) is 6.92 Å². The average Bonchev–Trinajstić information content (AvgIpc) is 3.16. The van der Waals surface area contributed by atoms with E-state index < -0.39 is 0 Å². The van der Waals surface area contributed by atoms with Gasteiger partial charge in [-0.15, -0.1) is 0 Å². The third-order valence-electron chi connectivity index (χ3n) is 4.80. The number of oxime groups is 1. The molecule has 4 aromatic rings. The van der Waals surface area contributed by atoms with Crippen molar-refractivity contribution in [2.24, 2.45) is 5.16 Å². The summed E-state index contributed by atoms with van der Waals surface area (Å²) in [4.78, 5) is 11.3. The molecule has 0 amide bonds. The van der Waals surface area contributed by atoms with E-state index in [4.69, 9.17) is 5.21 Å². The largest absolute Gasteiger partial charge is 0.411 e. The van der Waals surface area contributed by atoms with E-state index in [0.29, 0.717) is 11.4 Å². The van der Waals surface area contributed by atoms with Gasteiger partial charge in [-0.3, -0.25) is 0 Å². The average molecular weight is 386 g/mol. The van der Waals surface area contributed by atoms with Gasteiger partial charge in [0, 0.05) is 36.4 Å². The number of benzene rings is 1. The Morgan fingerprint density at radius 1 is 1.07 bits per heavy atom. The molecule has 0 fully saturated rings. The van der Waals surface area contributed by atoms with E-state index in [9.17, 15) is 0 Å². The van der Waals surface area contributed by atoms with Crippen LogP contribution >= 0.6 is 0 Å². The minimum Gasteiger partial charge on any atom is -0.411 e. The van der Waals surface area contributed by atoms with E-state index >= 15 is 0 Å². The molecule has 146 valence electrons. The molecule has 0 bridgehead atoms. The van der Waals surface area contributed by atoms with E-state index in [1.807, 2.05) is 68.3 Å². The van der Waals surface area contributed by atoms with E-state index in [-0.39, 0.29) is 0 Å². The molecule has 4 rings (SSSR count). The molecular weight excluding hydrogens is 364 g/mol. The highest BCUT2D eigenvalue weighted by Gasteiger charge is 2.15. The highest BCUT2D eigenvalue weighted by atomic mass is 16.4. The SMILES string of the molecule is C/C(=N\O)c1cccc(-c2cc(N(C)C)c3cnn(-c4cccc(C)n4)c3c2)n1. The fourth-order valence-electron chi connectivity index (χ4n) is 3.30. The smallest absolute Gasteiger partial charge is 0.154 e. The van der Waals surface area contributed by atoms with Gasteiger partial charge in [0.2, 0.25) is 0 Å². The minimum absolute atomic E-state index is 0.467. The van der Waals surface area contributed by atoms with Crippen molar-refractivity contribution in [2.75, 3.05) is 19.0 Å². The maximum absolute atomic E-state index is 9.09. The number of rotatable bonds is 4. The summed E-state index contributed by atoms with van der Waals surface area (Å²) in [5.41, 5.74) is 5.76. The molecule has 0 saturated carbocycles. The van der Waals surface area contributed by atoms with Crippen molar-refractivity contribution in [3.8, 4) is 17.1 Å². The normalized spacial score (nSPS) is 11.8. The summed E-state index contributed by atoms with van der Waals surface area (Å²) in [6.45, 7) is 3.69. The molecule has 0 unspecified atom stereocenters. The molecule has 3 aromatic heterocycles. The number of aryl methyl sites for hydroxylation is 1. The number of hydrogen-bond acceptors (Lipinski definition) is 6. The second-order valence-corrected chi connectivity index (χ2v) is 7.11. The third-order valence-corrected chi connectivity index (χ3v) is 4.80. The number of hydrogen-bond donors (Lipinski definition) is 1. The first-order chi connectivity index (χ1) is 14.0. The van der Waals surface area contributed by atoms with Crippen LogP contribution in [0.15, 0.2) is 59.9 Å². The molecule has 0 spiro atoms. The Labute approximate surface area is 169 Å². The highest BCUT2D eigenvalue weighted by Crippen LogP contribution is 2.33. The Morgan fingerprint density at radius 2 is 1.86 bits per heavy atom. The van der Waals surface area contributed by atoms with Crippen molar-refractivity contribution in [3.63, 3.8) is 0 Å². The predicted octanol–water partition coefficient (Wildman–Crippen LogP) is 4.06. The van der Waals surface area contributed by atoms with Crippen molar-refractivity contribution in [1.29, 1.82) is 0 Å². The van der Waals surface area contributed by atoms with Crippen molar-refractivity contribution in [3.05, 3.63) is 66.1 Å². The number of nitrogens with zero attached hydrogens (tertiary/aromatic N) is 6. The summed E-state index contributed by atoms with van der Waals surface area (Å²) in [6.07, 6.45) is 1.87. The van der Waals surface area contributed by atoms with Gasteiger partial charge < -0.3 is 10.1 Å². The molecule has 1 N–H and O–H groups in total. The lowest BCUT2D eigenvalue weighted by atomic mass is 10.1. The van der Waals surface area contributed by atoms with Crippen LogP contribution in [0.2, 0.25) is 0 Å². The van der Waals surface area contributed by atoms with Crippen molar-refractivity contribution >= 4 is 22.3 Å². The van der Waals surface area contributed by atoms with Gasteiger partial charge in [-0.2, -0.15) is 5.10 Å². The fraction of sp³-hybridized carbons (Fsp3) is 0.182. The van der Waals surface area contributed by atoms with Crippen molar-refractivity contribution < 1.29 is 5.21 Å². The van der Waals surface area contributed by atoms with Gasteiger partial charge in [0.05, 0.1) is 23.1 Å². The van der Waals surface area contributed by atoms with Gasteiger partial charge in [0.15, 0.2) is 5.82 Å². The zero-order valence-corrected chi connectivity index (χ0v) is 16.8. The Morgan fingerprint density at radius 3 is 2.59 bits per heavy atom. The Hall–Kier alpha value is -3.74. The molecule has 1 aromatic carbocycles. The molecule has 0 aliphatic carbocycles. The third kappa shape index (κ3) is 3.42. The van der Waals surface area contributed by atoms with Crippen LogP contribution in [0.4, 0.5) is 5.69 Å². The molecule has 3 heterocycles. The van der Waals surface area contributed by atoms with Gasteiger partial charge in [-0.1, -0.05) is 17.3 Å². The number of aromatic nitrogens is 4. The van der Waals surface area contributed by atoms with E-state index in [1.165, 1.54) is 0 Å². The number of pyridine rings is 2. The zero-order valence-electron chi connectivity index (χ0n) is 16.8. The minimum atomic E-state index is 0.467. The molecule has 7 heteroatoms. The predicted molar refractivity (Wildman–Crippen MR) is 115 cm³/mol. The lowest BCUT2D eigenvalue weighted by Gasteiger charge is -2.16. The Balaban J connectivity index is 1.95. The van der Waals surface area contributed by atoms with Crippen LogP contribution in [0.3, 0.4) is 0 Å². The zero-order chi connectivity index (χ0) is 20.5. The maximum atomic E-state index is 9.09. The lowest BCUT2D eigenvalue weighted by Crippen LogP contribution is -2.09. The summed E-state index contributed by atoms with van der Waals surface area (Å²) in [6, 6.07) is 15.7. The second kappa shape index (κ2) is 7.35. The van der Waals surface area contributed by atoms with Crippen LogP contribution in [0.25, 0.3) is 28.0 Å². The first-order valence-electron chi connectivity index (χ1n) is 9.27. The molecular formula is C22H22N6O. The van der Waals surface area contributed by atoms with Crippen LogP contribution in [0.1, 0.15) is 18.3 Å². The standard InChI is InChI=1S/C22H22N6O/c1-14-7-5-10-22(24-14)28-21-12-16(11-20(27(3)4)17(21)13-23-28)19-9-6-8-18(25-19)15(2)26-29/h5-13,29H,1-4H3/b26-15+. The van der Waals surface area contributed by atoms with Crippen LogP contribution in [0.5, 0.6) is 0 Å². The van der Waals surface area contributed by atoms with Gasteiger partial charge in [-0.25, -0.2) is 14.6 Å². The summed E-state index contributed by atoms with van der Waals surface area (Å²) in [5.74, 6) is 0.770. The summed E-state index contributed by atoms with van der Waals surface area (Å²) >= 11 is 0. The lowest BCUT2D eigenvalue weighted by molar-refractivity contribution is 0.319. The first-order valence-corrected chi connectivity index (χ1v) is 9.27. The van der Waals surface area contributed by atoms with Crippen LogP contribution in [-0.2, 0) is 0 Å². The molecule has 0 radical (unpaired) electrons. The Kier molecular flexibility index (Phi) is 4.72. The summed E-state index contributed by atoms with van der Waals surface area (Å²) in [7, 11) is 4.01.